The van der Waals surface area contributed by atoms with Crippen LogP contribution in [0.2, 0.25) is 0 Å². The normalized spacial score (nSPS) is 13.9. The Balaban J connectivity index is 3.75. The van der Waals surface area contributed by atoms with Crippen LogP contribution in [-0.4, -0.2) is 36.4 Å². The van der Waals surface area contributed by atoms with Crippen molar-refractivity contribution in [1.82, 2.24) is 0 Å². The summed E-state index contributed by atoms with van der Waals surface area (Å²) in [4.78, 5) is 24.6. The summed E-state index contributed by atoms with van der Waals surface area (Å²) in [5.74, 6) is -0.694. The van der Waals surface area contributed by atoms with Crippen LogP contribution in [0, 0.1) is 0 Å². The van der Waals surface area contributed by atoms with Crippen LogP contribution < -0.4 is 0 Å². The third kappa shape index (κ3) is 66.2. The highest BCUT2D eigenvalue weighted by molar-refractivity contribution is 5.70. The van der Waals surface area contributed by atoms with Crippen LogP contribution in [-0.2, 0) is 19.1 Å². The van der Waals surface area contributed by atoms with E-state index in [1.165, 1.54) is 0 Å². The quantitative estimate of drug-likeness (QED) is 0.0373. The van der Waals surface area contributed by atoms with E-state index in [0.717, 1.165) is 180 Å². The molecule has 0 saturated heterocycles. The van der Waals surface area contributed by atoms with E-state index in [2.05, 4.69) is 257 Å². The topological polar surface area (TPSA) is 72.8 Å². The number of aliphatic hydroxyl groups is 1. The van der Waals surface area contributed by atoms with Gasteiger partial charge in [0.25, 0.3) is 0 Å². The minimum Gasteiger partial charge on any atom is -0.462 e. The van der Waals surface area contributed by atoms with Gasteiger partial charge in [0.2, 0.25) is 0 Å². The Morgan fingerprint density at radius 3 is 0.744 bits per heavy atom. The summed E-state index contributed by atoms with van der Waals surface area (Å²) in [6.45, 7) is 3.83. The monoisotopic (exact) mass is 1120 g/mol. The summed E-state index contributed by atoms with van der Waals surface area (Å²) >= 11 is 0. The Labute approximate surface area is 502 Å². The van der Waals surface area contributed by atoms with Crippen molar-refractivity contribution in [3.8, 4) is 0 Å². The maximum atomic E-state index is 12.3. The van der Waals surface area contributed by atoms with Crippen molar-refractivity contribution in [2.75, 3.05) is 13.2 Å². The molecular formula is C77H112O5. The minimum atomic E-state index is -0.826. The molecule has 0 aliphatic carbocycles. The molecule has 0 aromatic rings. The van der Waals surface area contributed by atoms with Gasteiger partial charge in [-0.05, 0) is 167 Å². The van der Waals surface area contributed by atoms with E-state index in [1.807, 2.05) is 0 Å². The SMILES string of the molecule is CC/C=C\C/C=C\C/C=C\C/C=C\C/C=C\C/C=C\C/C=C\C/C=C\C/C=C\C/C=C\C/C=C\C/C=C\CCCCCCC(=O)OC(CO)COC(=O)CCCC/C=C\C/C=C\C/C=C\C/C=C\C/C=C\C/C=C\C/C=C\C/C=C\CC. The zero-order valence-electron chi connectivity index (χ0n) is 51.4. The molecule has 0 radical (unpaired) electrons. The van der Waals surface area contributed by atoms with Crippen LogP contribution in [0.5, 0.6) is 0 Å². The summed E-state index contributed by atoms with van der Waals surface area (Å²) in [6, 6.07) is 0. The van der Waals surface area contributed by atoms with Gasteiger partial charge in [0.15, 0.2) is 6.10 Å². The molecule has 0 fully saturated rings. The van der Waals surface area contributed by atoms with E-state index >= 15 is 0 Å². The second-order valence-electron chi connectivity index (χ2n) is 19.7. The molecule has 0 aliphatic heterocycles. The highest BCUT2D eigenvalue weighted by Crippen LogP contribution is 2.10. The number of esters is 2. The standard InChI is InChI=1S/C77H112O5/c1-3-5-7-9-11-13-15-17-19-21-23-25-27-29-31-32-33-34-35-36-37-38-39-40-41-42-43-44-46-48-50-52-54-56-58-60-62-64-66-68-70-72-77(80)82-75(73-78)74-81-76(79)71-69-67-65-63-61-59-57-55-53-51-49-47-45-30-28-26-24-22-20-18-16-14-12-10-8-6-4-2/h5-8,11-14,17-20,23-26,29-31,33-34,36-37,39-40,42-43,45-46,48-49,51-52,54-55,57-58,60-61,63,75,78H,3-4,9-10,15-16,21-22,27-28,32,35,38,41,44,47,50,53,56,59,62,64-74H2,1-2H3/b7-5-,8-6-,13-11-,14-12-,19-17-,20-18-,25-23-,26-24-,31-29-,34-33-,37-36-,40-39-,43-42-,45-30-,48-46-,51-49-,54-52-,57-55-,60-58-,63-61-. The maximum absolute atomic E-state index is 12.3. The second kappa shape index (κ2) is 69.0. The molecule has 82 heavy (non-hydrogen) atoms. The number of unbranched alkanes of at least 4 members (excludes halogenated alkanes) is 6. The Bertz CT molecular complexity index is 2090. The highest BCUT2D eigenvalue weighted by Gasteiger charge is 2.16. The maximum Gasteiger partial charge on any atom is 0.306 e. The fraction of sp³-hybridized carbons (Fsp3) is 0.455. The molecule has 5 heteroatoms. The molecule has 0 heterocycles. The predicted octanol–water partition coefficient (Wildman–Crippen LogP) is 22.3. The van der Waals surface area contributed by atoms with Crippen LogP contribution in [0.15, 0.2) is 243 Å². The number of aliphatic hydroxyl groups excluding tert-OH is 1. The van der Waals surface area contributed by atoms with Crippen molar-refractivity contribution in [2.24, 2.45) is 0 Å². The summed E-state index contributed by atoms with van der Waals surface area (Å²) in [6.07, 6.45) is 116. The molecule has 5 nitrogen and oxygen atoms in total. The summed E-state index contributed by atoms with van der Waals surface area (Å²) in [5, 5.41) is 9.67. The molecule has 0 aromatic heterocycles. The second-order valence-corrected chi connectivity index (χ2v) is 19.7. The highest BCUT2D eigenvalue weighted by atomic mass is 16.6. The van der Waals surface area contributed by atoms with Gasteiger partial charge < -0.3 is 14.6 Å². The number of rotatable bonds is 54. The summed E-state index contributed by atoms with van der Waals surface area (Å²) in [7, 11) is 0. The molecule has 0 aliphatic rings. The van der Waals surface area contributed by atoms with Gasteiger partial charge in [-0.3, -0.25) is 9.59 Å². The molecular weight excluding hydrogens is 1000 g/mol. The molecule has 0 aromatic carbocycles. The van der Waals surface area contributed by atoms with E-state index in [1.54, 1.807) is 0 Å². The molecule has 0 bridgehead atoms. The summed E-state index contributed by atoms with van der Waals surface area (Å²) in [5.41, 5.74) is 0. The molecule has 0 amide bonds. The molecule has 1 N–H and O–H groups in total. The third-order valence-corrected chi connectivity index (χ3v) is 12.1. The smallest absolute Gasteiger partial charge is 0.306 e. The van der Waals surface area contributed by atoms with E-state index in [4.69, 9.17) is 9.47 Å². The molecule has 0 spiro atoms. The Kier molecular flexibility index (Phi) is 63.7. The lowest BCUT2D eigenvalue weighted by molar-refractivity contribution is -0.161. The first-order valence-electron chi connectivity index (χ1n) is 31.6. The summed E-state index contributed by atoms with van der Waals surface area (Å²) < 4.78 is 10.7. The van der Waals surface area contributed by atoms with Crippen molar-refractivity contribution in [3.63, 3.8) is 0 Å². The predicted molar refractivity (Wildman–Crippen MR) is 361 cm³/mol. The third-order valence-electron chi connectivity index (χ3n) is 12.1. The Morgan fingerprint density at radius 1 is 0.280 bits per heavy atom. The molecule has 1 unspecified atom stereocenters. The van der Waals surface area contributed by atoms with Crippen LogP contribution in [0.3, 0.4) is 0 Å². The first-order valence-corrected chi connectivity index (χ1v) is 31.6. The number of hydrogen-bond donors (Lipinski definition) is 1. The molecule has 450 valence electrons. The lowest BCUT2D eigenvalue weighted by atomic mass is 10.1. The Hall–Kier alpha value is -6.30. The fourth-order valence-corrected chi connectivity index (χ4v) is 7.49. The molecule has 0 rings (SSSR count). The van der Waals surface area contributed by atoms with Crippen molar-refractivity contribution in [3.05, 3.63) is 243 Å². The van der Waals surface area contributed by atoms with Gasteiger partial charge in [-0.15, -0.1) is 0 Å². The van der Waals surface area contributed by atoms with Crippen molar-refractivity contribution in [2.45, 2.75) is 213 Å². The van der Waals surface area contributed by atoms with Gasteiger partial charge in [0.1, 0.15) is 6.61 Å². The fourth-order valence-electron chi connectivity index (χ4n) is 7.49. The number of allylic oxidation sites excluding steroid dienone is 40. The van der Waals surface area contributed by atoms with Gasteiger partial charge in [0.05, 0.1) is 6.61 Å². The van der Waals surface area contributed by atoms with Gasteiger partial charge in [-0.1, -0.05) is 270 Å². The van der Waals surface area contributed by atoms with E-state index < -0.39 is 6.10 Å². The zero-order chi connectivity index (χ0) is 59.1. The van der Waals surface area contributed by atoms with Crippen molar-refractivity contribution < 1.29 is 24.2 Å². The van der Waals surface area contributed by atoms with Crippen LogP contribution >= 0.6 is 0 Å². The van der Waals surface area contributed by atoms with Crippen molar-refractivity contribution >= 4 is 11.9 Å². The number of carbonyl (C=O) groups is 2. The number of carbonyl (C=O) groups excluding carboxylic acids is 2. The zero-order valence-corrected chi connectivity index (χ0v) is 51.4. The van der Waals surface area contributed by atoms with E-state index in [-0.39, 0.29) is 25.2 Å². The van der Waals surface area contributed by atoms with Crippen LogP contribution in [0.4, 0.5) is 0 Å². The van der Waals surface area contributed by atoms with Gasteiger partial charge >= 0.3 is 11.9 Å². The van der Waals surface area contributed by atoms with Gasteiger partial charge in [0, 0.05) is 12.8 Å². The molecule has 1 atom stereocenters. The largest absolute Gasteiger partial charge is 0.462 e. The molecule has 0 saturated carbocycles. The minimum absolute atomic E-state index is 0.118. The van der Waals surface area contributed by atoms with Crippen molar-refractivity contribution in [1.29, 1.82) is 0 Å². The number of ether oxygens (including phenoxy) is 2. The number of hydrogen-bond acceptors (Lipinski definition) is 5. The lowest BCUT2D eigenvalue weighted by Crippen LogP contribution is -2.28. The van der Waals surface area contributed by atoms with Crippen LogP contribution in [0.1, 0.15) is 206 Å². The average molecular weight is 1120 g/mol. The van der Waals surface area contributed by atoms with E-state index in [9.17, 15) is 14.7 Å². The first-order chi connectivity index (χ1) is 40.6. The van der Waals surface area contributed by atoms with Gasteiger partial charge in [-0.25, -0.2) is 0 Å². The first kappa shape index (κ1) is 75.7. The Morgan fingerprint density at radius 2 is 0.488 bits per heavy atom. The van der Waals surface area contributed by atoms with Gasteiger partial charge in [-0.2, -0.15) is 0 Å². The average Bonchev–Trinajstić information content (AvgIpc) is 3.49. The van der Waals surface area contributed by atoms with E-state index in [0.29, 0.717) is 12.8 Å². The lowest BCUT2D eigenvalue weighted by Gasteiger charge is -2.15. The van der Waals surface area contributed by atoms with Crippen LogP contribution in [0.25, 0.3) is 0 Å².